The molecule has 1 aliphatic carbocycles. The highest BCUT2D eigenvalue weighted by molar-refractivity contribution is 6.01. The number of amides is 2. The van der Waals surface area contributed by atoms with Crippen LogP contribution in [0.1, 0.15) is 71.1 Å². The van der Waals surface area contributed by atoms with E-state index in [1.165, 1.54) is 24.3 Å². The number of rotatable bonds is 5. The molecule has 8 heteroatoms. The maximum absolute atomic E-state index is 13.6. The molecule has 2 amide bonds. The summed E-state index contributed by atoms with van der Waals surface area (Å²) in [4.78, 5) is 40.8. The molecule has 4 rings (SSSR count). The predicted molar refractivity (Wildman–Crippen MR) is 118 cm³/mol. The van der Waals surface area contributed by atoms with Gasteiger partial charge in [0.05, 0.1) is 13.7 Å². The van der Waals surface area contributed by atoms with Gasteiger partial charge in [-0.2, -0.15) is 5.10 Å². The molecule has 1 atom stereocenters. The zero-order valence-electron chi connectivity index (χ0n) is 18.9. The second-order valence-electron chi connectivity index (χ2n) is 9.03. The fourth-order valence-corrected chi connectivity index (χ4v) is 4.67. The fraction of sp³-hybridized carbons (Fsp3) is 0.500. The Hall–Kier alpha value is -3.16. The van der Waals surface area contributed by atoms with Gasteiger partial charge in [0, 0.05) is 18.7 Å². The molecule has 170 valence electrons. The number of aromatic nitrogens is 2. The molecular formula is C24H30N4O4. The van der Waals surface area contributed by atoms with E-state index < -0.39 is 11.5 Å². The van der Waals surface area contributed by atoms with E-state index in [-0.39, 0.29) is 42.3 Å². The molecule has 1 aromatic carbocycles. The van der Waals surface area contributed by atoms with Crippen LogP contribution >= 0.6 is 0 Å². The summed E-state index contributed by atoms with van der Waals surface area (Å²) >= 11 is 0. The number of ether oxygens (including phenoxy) is 1. The summed E-state index contributed by atoms with van der Waals surface area (Å²) < 4.78 is 6.23. The Labute approximate surface area is 187 Å². The van der Waals surface area contributed by atoms with Gasteiger partial charge in [0.15, 0.2) is 5.69 Å². The smallest absolute Gasteiger partial charge is 0.358 e. The Bertz CT molecular complexity index is 1040. The Morgan fingerprint density at radius 2 is 1.97 bits per heavy atom. The van der Waals surface area contributed by atoms with Crippen molar-refractivity contribution < 1.29 is 19.1 Å². The number of nitrogens with one attached hydrogen (secondary N) is 1. The van der Waals surface area contributed by atoms with Crippen LogP contribution in [0.25, 0.3) is 0 Å². The number of hydrogen-bond acceptors (Lipinski definition) is 5. The topological polar surface area (TPSA) is 93.5 Å². The average molecular weight is 439 g/mol. The zero-order valence-corrected chi connectivity index (χ0v) is 18.9. The number of aryl methyl sites for hydroxylation is 1. The fourth-order valence-electron chi connectivity index (χ4n) is 4.67. The third-order valence-electron chi connectivity index (χ3n) is 6.54. The largest absolute Gasteiger partial charge is 0.464 e. The van der Waals surface area contributed by atoms with Gasteiger partial charge >= 0.3 is 5.97 Å². The first-order valence-electron chi connectivity index (χ1n) is 11.2. The van der Waals surface area contributed by atoms with E-state index in [4.69, 9.17) is 4.74 Å². The van der Waals surface area contributed by atoms with Gasteiger partial charge in [0.1, 0.15) is 11.2 Å². The van der Waals surface area contributed by atoms with Crippen molar-refractivity contribution in [2.24, 2.45) is 0 Å². The van der Waals surface area contributed by atoms with Gasteiger partial charge in [-0.3, -0.25) is 14.3 Å². The van der Waals surface area contributed by atoms with E-state index in [0.29, 0.717) is 0 Å². The quantitative estimate of drug-likeness (QED) is 0.725. The highest BCUT2D eigenvalue weighted by Crippen LogP contribution is 2.30. The number of carbonyl (C=O) groups is 3. The lowest BCUT2D eigenvalue weighted by Crippen LogP contribution is -2.64. The molecule has 2 aromatic rings. The van der Waals surface area contributed by atoms with Crippen LogP contribution in [-0.2, 0) is 22.6 Å². The summed E-state index contributed by atoms with van der Waals surface area (Å²) in [6.07, 6.45) is 5.29. The van der Waals surface area contributed by atoms with Crippen LogP contribution < -0.4 is 5.32 Å². The number of carbonyl (C=O) groups excluding carboxylic acids is 3. The van der Waals surface area contributed by atoms with Crippen LogP contribution in [0.3, 0.4) is 0 Å². The molecule has 1 aliphatic heterocycles. The number of esters is 1. The van der Waals surface area contributed by atoms with Gasteiger partial charge in [0.25, 0.3) is 5.91 Å². The minimum atomic E-state index is -1.15. The minimum absolute atomic E-state index is 0.0586. The second kappa shape index (κ2) is 8.76. The van der Waals surface area contributed by atoms with E-state index in [2.05, 4.69) is 10.4 Å². The van der Waals surface area contributed by atoms with Gasteiger partial charge in [-0.1, -0.05) is 49.1 Å². The summed E-state index contributed by atoms with van der Waals surface area (Å²) in [7, 11) is 1.27. The van der Waals surface area contributed by atoms with E-state index in [0.717, 1.165) is 36.8 Å². The summed E-state index contributed by atoms with van der Waals surface area (Å²) in [5, 5.41) is 7.45. The predicted octanol–water partition coefficient (Wildman–Crippen LogP) is 2.84. The van der Waals surface area contributed by atoms with Crippen molar-refractivity contribution in [1.82, 2.24) is 20.0 Å². The van der Waals surface area contributed by atoms with Gasteiger partial charge in [-0.25, -0.2) is 4.79 Å². The van der Waals surface area contributed by atoms with Gasteiger partial charge < -0.3 is 15.0 Å². The zero-order chi connectivity index (χ0) is 22.9. The molecule has 0 saturated heterocycles. The summed E-state index contributed by atoms with van der Waals surface area (Å²) in [6.45, 7) is 4.22. The molecule has 0 bridgehead atoms. The molecular weight excluding hydrogens is 408 g/mol. The second-order valence-corrected chi connectivity index (χ2v) is 9.03. The highest BCUT2D eigenvalue weighted by atomic mass is 16.5. The summed E-state index contributed by atoms with van der Waals surface area (Å²) in [6, 6.07) is 9.46. The maximum Gasteiger partial charge on any atom is 0.358 e. The van der Waals surface area contributed by atoms with Gasteiger partial charge in [0.2, 0.25) is 5.91 Å². The molecule has 1 fully saturated rings. The molecule has 32 heavy (non-hydrogen) atoms. The Morgan fingerprint density at radius 1 is 1.22 bits per heavy atom. The lowest BCUT2D eigenvalue weighted by atomic mass is 9.91. The van der Waals surface area contributed by atoms with Crippen LogP contribution in [0, 0.1) is 6.92 Å². The van der Waals surface area contributed by atoms with Crippen molar-refractivity contribution in [3.8, 4) is 0 Å². The first kappa shape index (κ1) is 22.0. The van der Waals surface area contributed by atoms with Gasteiger partial charge in [-0.15, -0.1) is 0 Å². The Kier molecular flexibility index (Phi) is 6.04. The van der Waals surface area contributed by atoms with Crippen molar-refractivity contribution in [3.63, 3.8) is 0 Å². The summed E-state index contributed by atoms with van der Waals surface area (Å²) in [5.41, 5.74) is 1.21. The van der Waals surface area contributed by atoms with Crippen molar-refractivity contribution in [3.05, 3.63) is 52.8 Å². The average Bonchev–Trinajstić information content (AvgIpc) is 3.20. The van der Waals surface area contributed by atoms with Crippen molar-refractivity contribution in [2.45, 2.75) is 70.6 Å². The standard InChI is InChI=1S/C24H30N4O4/c1-16-8-7-9-17(12-16)14-27-21(29)20-13-19(22(30)32-3)26-28(20)15-24(27,2)23(31)25-18-10-5-4-6-11-18/h7-9,12-13,18H,4-6,10-11,14-15H2,1-3H3,(H,25,31). The van der Waals surface area contributed by atoms with Gasteiger partial charge in [-0.05, 0) is 32.3 Å². The molecule has 1 N–H and O–H groups in total. The molecule has 2 aliphatic rings. The maximum atomic E-state index is 13.6. The van der Waals surface area contributed by atoms with Crippen LogP contribution in [0.2, 0.25) is 0 Å². The number of methoxy groups -OCH3 is 1. The molecule has 1 aromatic heterocycles. The SMILES string of the molecule is COC(=O)c1cc2n(n1)CC(C)(C(=O)NC1CCCCC1)N(Cc1cccc(C)c1)C2=O. The molecule has 1 unspecified atom stereocenters. The number of fused-ring (bicyclic) bond motifs is 1. The monoisotopic (exact) mass is 438 g/mol. The van der Waals surface area contributed by atoms with Crippen molar-refractivity contribution >= 4 is 17.8 Å². The van der Waals surface area contributed by atoms with Crippen LogP contribution in [0.5, 0.6) is 0 Å². The Morgan fingerprint density at radius 3 is 2.66 bits per heavy atom. The van der Waals surface area contributed by atoms with Crippen molar-refractivity contribution in [2.75, 3.05) is 7.11 Å². The number of hydrogen-bond donors (Lipinski definition) is 1. The van der Waals surface area contributed by atoms with Crippen LogP contribution in [0.15, 0.2) is 30.3 Å². The normalized spacial score (nSPS) is 21.2. The first-order valence-corrected chi connectivity index (χ1v) is 11.2. The third-order valence-corrected chi connectivity index (χ3v) is 6.54. The first-order chi connectivity index (χ1) is 15.3. The lowest BCUT2D eigenvalue weighted by molar-refractivity contribution is -0.134. The molecule has 1 saturated carbocycles. The minimum Gasteiger partial charge on any atom is -0.464 e. The van der Waals surface area contributed by atoms with E-state index in [1.54, 1.807) is 11.8 Å². The Balaban J connectivity index is 1.70. The third kappa shape index (κ3) is 4.13. The van der Waals surface area contributed by atoms with Crippen LogP contribution in [0.4, 0.5) is 0 Å². The molecule has 2 heterocycles. The number of benzene rings is 1. The van der Waals surface area contributed by atoms with E-state index in [9.17, 15) is 14.4 Å². The van der Waals surface area contributed by atoms with Crippen LogP contribution in [-0.4, -0.2) is 51.2 Å². The van der Waals surface area contributed by atoms with E-state index >= 15 is 0 Å². The number of nitrogens with zero attached hydrogens (tertiary/aromatic N) is 3. The van der Waals surface area contributed by atoms with Crippen molar-refractivity contribution in [1.29, 1.82) is 0 Å². The highest BCUT2D eigenvalue weighted by Gasteiger charge is 2.48. The van der Waals surface area contributed by atoms with E-state index in [1.807, 2.05) is 31.2 Å². The summed E-state index contributed by atoms with van der Waals surface area (Å²) in [5.74, 6) is -1.13. The molecule has 8 nitrogen and oxygen atoms in total. The molecule has 0 radical (unpaired) electrons. The molecule has 0 spiro atoms. The lowest BCUT2D eigenvalue weighted by Gasteiger charge is -2.44.